The third-order valence-corrected chi connectivity index (χ3v) is 6.45. The lowest BCUT2D eigenvalue weighted by Gasteiger charge is -2.32. The zero-order chi connectivity index (χ0) is 21.3. The summed E-state index contributed by atoms with van der Waals surface area (Å²) >= 11 is 0. The first-order chi connectivity index (χ1) is 15.8. The molecule has 1 saturated carbocycles. The lowest BCUT2D eigenvalue weighted by Crippen LogP contribution is -2.38. The Bertz CT molecular complexity index is 1210. The van der Waals surface area contributed by atoms with E-state index >= 15 is 0 Å². The number of aromatic nitrogens is 4. The number of rotatable bonds is 6. The van der Waals surface area contributed by atoms with E-state index in [-0.39, 0.29) is 0 Å². The van der Waals surface area contributed by atoms with Crippen LogP contribution in [-0.2, 0) is 6.54 Å². The highest BCUT2D eigenvalue weighted by Gasteiger charge is 2.30. The van der Waals surface area contributed by atoms with Gasteiger partial charge in [-0.05, 0) is 31.2 Å². The standard InChI is InChI=1S/C25H26N6O/c1-2-6-17(7-3-1)16-31-14-12-19(13-15-31)26-24-21-9-5-4-8-20(21)22(28-29-24)25-27-23(30-32-25)18-10-11-18/h1-9,18-19H,10-16H2,(H,26,29). The van der Waals surface area contributed by atoms with Gasteiger partial charge in [0.2, 0.25) is 0 Å². The van der Waals surface area contributed by atoms with E-state index in [1.807, 2.05) is 18.2 Å². The van der Waals surface area contributed by atoms with Crippen molar-refractivity contribution in [2.24, 2.45) is 0 Å². The summed E-state index contributed by atoms with van der Waals surface area (Å²) in [6, 6.07) is 19.2. The Morgan fingerprint density at radius 1 is 0.875 bits per heavy atom. The maximum absolute atomic E-state index is 5.52. The van der Waals surface area contributed by atoms with Gasteiger partial charge in [0, 0.05) is 42.4 Å². The molecule has 0 amide bonds. The van der Waals surface area contributed by atoms with Crippen molar-refractivity contribution in [2.75, 3.05) is 18.4 Å². The van der Waals surface area contributed by atoms with Crippen LogP contribution >= 0.6 is 0 Å². The number of hydrogen-bond donors (Lipinski definition) is 1. The van der Waals surface area contributed by atoms with Crippen LogP contribution < -0.4 is 5.32 Å². The topological polar surface area (TPSA) is 80.0 Å². The Morgan fingerprint density at radius 3 is 2.41 bits per heavy atom. The fourth-order valence-electron chi connectivity index (χ4n) is 4.48. The molecule has 2 fully saturated rings. The number of fused-ring (bicyclic) bond motifs is 1. The molecule has 1 aliphatic carbocycles. The minimum Gasteiger partial charge on any atom is -0.365 e. The Morgan fingerprint density at radius 2 is 1.62 bits per heavy atom. The van der Waals surface area contributed by atoms with Crippen LogP contribution in [0.3, 0.4) is 0 Å². The first-order valence-corrected chi connectivity index (χ1v) is 11.5. The zero-order valence-electron chi connectivity index (χ0n) is 17.9. The highest BCUT2D eigenvalue weighted by atomic mass is 16.5. The molecular formula is C25H26N6O. The summed E-state index contributed by atoms with van der Waals surface area (Å²) in [5, 5.41) is 18.8. The molecule has 6 rings (SSSR count). The van der Waals surface area contributed by atoms with Crippen LogP contribution in [0.4, 0.5) is 5.82 Å². The van der Waals surface area contributed by atoms with Crippen molar-refractivity contribution < 1.29 is 4.52 Å². The van der Waals surface area contributed by atoms with E-state index in [9.17, 15) is 0 Å². The minimum atomic E-state index is 0.385. The molecule has 0 bridgehead atoms. The Balaban J connectivity index is 1.18. The largest absolute Gasteiger partial charge is 0.365 e. The molecule has 1 saturated heterocycles. The molecule has 7 nitrogen and oxygen atoms in total. The fraction of sp³-hybridized carbons (Fsp3) is 0.360. The number of anilines is 1. The van der Waals surface area contributed by atoms with Gasteiger partial charge in [-0.3, -0.25) is 4.90 Å². The van der Waals surface area contributed by atoms with Gasteiger partial charge in [0.05, 0.1) is 0 Å². The van der Waals surface area contributed by atoms with Crippen molar-refractivity contribution in [3.63, 3.8) is 0 Å². The van der Waals surface area contributed by atoms with Gasteiger partial charge < -0.3 is 9.84 Å². The molecule has 0 spiro atoms. The lowest BCUT2D eigenvalue weighted by atomic mass is 10.0. The summed E-state index contributed by atoms with van der Waals surface area (Å²) in [5.74, 6) is 2.51. The second-order valence-electron chi connectivity index (χ2n) is 8.86. The molecule has 0 atom stereocenters. The Hall–Kier alpha value is -3.32. The summed E-state index contributed by atoms with van der Waals surface area (Å²) in [4.78, 5) is 7.10. The predicted molar refractivity (Wildman–Crippen MR) is 123 cm³/mol. The molecule has 7 heteroatoms. The number of piperidine rings is 1. The predicted octanol–water partition coefficient (Wildman–Crippen LogP) is 4.63. The van der Waals surface area contributed by atoms with Crippen LogP contribution in [0, 0.1) is 0 Å². The third kappa shape index (κ3) is 3.96. The quantitative estimate of drug-likeness (QED) is 0.481. The van der Waals surface area contributed by atoms with Gasteiger partial charge in [-0.1, -0.05) is 59.8 Å². The summed E-state index contributed by atoms with van der Waals surface area (Å²) in [6.45, 7) is 3.15. The van der Waals surface area contributed by atoms with E-state index in [0.717, 1.165) is 67.7 Å². The number of hydrogen-bond acceptors (Lipinski definition) is 7. The monoisotopic (exact) mass is 426 g/mol. The molecular weight excluding hydrogens is 400 g/mol. The molecule has 32 heavy (non-hydrogen) atoms. The van der Waals surface area contributed by atoms with E-state index in [1.54, 1.807) is 0 Å². The second kappa shape index (κ2) is 8.31. The summed E-state index contributed by atoms with van der Waals surface area (Å²) in [6.07, 6.45) is 4.44. The van der Waals surface area contributed by atoms with Gasteiger partial charge >= 0.3 is 0 Å². The molecule has 1 aliphatic heterocycles. The molecule has 0 radical (unpaired) electrons. The fourth-order valence-corrected chi connectivity index (χ4v) is 4.48. The minimum absolute atomic E-state index is 0.385. The normalized spacial score (nSPS) is 17.6. The Kier molecular flexibility index (Phi) is 5.03. The summed E-state index contributed by atoms with van der Waals surface area (Å²) < 4.78 is 5.52. The van der Waals surface area contributed by atoms with Gasteiger partial charge in [-0.15, -0.1) is 10.2 Å². The van der Waals surface area contributed by atoms with Crippen molar-refractivity contribution in [3.05, 3.63) is 66.0 Å². The average molecular weight is 427 g/mol. The maximum atomic E-state index is 5.52. The van der Waals surface area contributed by atoms with Gasteiger partial charge in [0.25, 0.3) is 5.89 Å². The maximum Gasteiger partial charge on any atom is 0.279 e. The first kappa shape index (κ1) is 19.4. The number of benzene rings is 2. The van der Waals surface area contributed by atoms with E-state index in [0.29, 0.717) is 23.5 Å². The molecule has 162 valence electrons. The van der Waals surface area contributed by atoms with Gasteiger partial charge in [0.1, 0.15) is 0 Å². The van der Waals surface area contributed by atoms with Gasteiger partial charge in [0.15, 0.2) is 17.3 Å². The summed E-state index contributed by atoms with van der Waals surface area (Å²) in [5.41, 5.74) is 2.03. The number of nitrogens with one attached hydrogen (secondary N) is 1. The van der Waals surface area contributed by atoms with Gasteiger partial charge in [-0.2, -0.15) is 4.98 Å². The van der Waals surface area contributed by atoms with Crippen molar-refractivity contribution >= 4 is 16.6 Å². The van der Waals surface area contributed by atoms with Crippen molar-refractivity contribution in [1.29, 1.82) is 0 Å². The van der Waals surface area contributed by atoms with Crippen LogP contribution in [0.1, 0.15) is 43.0 Å². The SMILES string of the molecule is c1ccc(CN2CCC(Nc3nnc(-c4nc(C5CC5)no4)c4ccccc34)CC2)cc1. The lowest BCUT2D eigenvalue weighted by molar-refractivity contribution is 0.211. The van der Waals surface area contributed by atoms with Crippen LogP contribution in [0.5, 0.6) is 0 Å². The molecule has 2 aliphatic rings. The van der Waals surface area contributed by atoms with Crippen LogP contribution in [0.15, 0.2) is 59.1 Å². The average Bonchev–Trinajstić information content (AvgIpc) is 3.58. The highest BCUT2D eigenvalue weighted by Crippen LogP contribution is 2.39. The van der Waals surface area contributed by atoms with Gasteiger partial charge in [-0.25, -0.2) is 0 Å². The summed E-state index contributed by atoms with van der Waals surface area (Å²) in [7, 11) is 0. The highest BCUT2D eigenvalue weighted by molar-refractivity contribution is 5.98. The van der Waals surface area contributed by atoms with Crippen LogP contribution in [0.25, 0.3) is 22.4 Å². The Labute approximate surface area is 186 Å². The second-order valence-corrected chi connectivity index (χ2v) is 8.86. The van der Waals surface area contributed by atoms with E-state index in [1.165, 1.54) is 5.56 Å². The molecule has 2 aromatic heterocycles. The zero-order valence-corrected chi connectivity index (χ0v) is 17.9. The van der Waals surface area contributed by atoms with Crippen molar-refractivity contribution in [2.45, 2.75) is 44.2 Å². The molecule has 3 heterocycles. The van der Waals surface area contributed by atoms with E-state index in [4.69, 9.17) is 4.52 Å². The number of likely N-dealkylation sites (tertiary alicyclic amines) is 1. The third-order valence-electron chi connectivity index (χ3n) is 6.45. The number of nitrogens with zero attached hydrogens (tertiary/aromatic N) is 5. The first-order valence-electron chi connectivity index (χ1n) is 11.5. The van der Waals surface area contributed by atoms with Crippen LogP contribution in [-0.4, -0.2) is 44.4 Å². The molecule has 1 N–H and O–H groups in total. The molecule has 0 unspecified atom stereocenters. The van der Waals surface area contributed by atoms with E-state index < -0.39 is 0 Å². The van der Waals surface area contributed by atoms with Crippen molar-refractivity contribution in [1.82, 2.24) is 25.2 Å². The molecule has 4 aromatic rings. The molecule has 2 aromatic carbocycles. The van der Waals surface area contributed by atoms with E-state index in [2.05, 4.69) is 67.0 Å². The smallest absolute Gasteiger partial charge is 0.279 e. The van der Waals surface area contributed by atoms with Crippen LogP contribution in [0.2, 0.25) is 0 Å². The van der Waals surface area contributed by atoms with Crippen molar-refractivity contribution in [3.8, 4) is 11.6 Å².